The van der Waals surface area contributed by atoms with Crippen LogP contribution >= 0.6 is 0 Å². The van der Waals surface area contributed by atoms with Gasteiger partial charge in [-0.2, -0.15) is 13.2 Å². The Hall–Kier alpha value is -1.26. The third-order valence-corrected chi connectivity index (χ3v) is 1.58. The van der Waals surface area contributed by atoms with Crippen LogP contribution in [0.15, 0.2) is 12.1 Å². The average molecular weight is 193 g/mol. The van der Waals surface area contributed by atoms with Crippen molar-refractivity contribution in [2.75, 3.05) is 5.73 Å². The predicted molar refractivity (Wildman–Crippen MR) is 40.6 cm³/mol. The second-order valence-electron chi connectivity index (χ2n) is 2.71. The number of alkyl halides is 3. The minimum absolute atomic E-state index is 0.194. The van der Waals surface area contributed by atoms with Crippen molar-refractivity contribution in [1.29, 1.82) is 0 Å². The van der Waals surface area contributed by atoms with E-state index in [1.165, 1.54) is 6.92 Å². The first-order valence-electron chi connectivity index (χ1n) is 3.45. The summed E-state index contributed by atoms with van der Waals surface area (Å²) in [5.41, 5.74) is 3.17. The van der Waals surface area contributed by atoms with Crippen molar-refractivity contribution in [3.05, 3.63) is 29.1 Å². The van der Waals surface area contributed by atoms with Crippen LogP contribution in [0.25, 0.3) is 0 Å². The first kappa shape index (κ1) is 9.83. The highest BCUT2D eigenvalue weighted by atomic mass is 19.4. The Bertz CT molecular complexity index is 330. The van der Waals surface area contributed by atoms with Crippen LogP contribution in [-0.2, 0) is 6.18 Å². The minimum atomic E-state index is -4.60. The SMILES string of the molecule is Cc1cc(F)c(N)c(C(F)(F)F)c1. The molecule has 0 heterocycles. The van der Waals surface area contributed by atoms with Crippen molar-refractivity contribution in [2.24, 2.45) is 0 Å². The van der Waals surface area contributed by atoms with E-state index in [0.29, 0.717) is 0 Å². The largest absolute Gasteiger partial charge is 0.418 e. The molecule has 5 heteroatoms. The molecule has 0 atom stereocenters. The van der Waals surface area contributed by atoms with Crippen LogP contribution in [-0.4, -0.2) is 0 Å². The average Bonchev–Trinajstić information content (AvgIpc) is 1.94. The third-order valence-electron chi connectivity index (χ3n) is 1.58. The van der Waals surface area contributed by atoms with E-state index in [-0.39, 0.29) is 5.56 Å². The van der Waals surface area contributed by atoms with Crippen LogP contribution in [0.3, 0.4) is 0 Å². The van der Waals surface area contributed by atoms with E-state index in [1.807, 2.05) is 0 Å². The molecular formula is C8H7F4N. The molecule has 1 nitrogen and oxygen atoms in total. The van der Waals surface area contributed by atoms with Gasteiger partial charge in [-0.25, -0.2) is 4.39 Å². The highest BCUT2D eigenvalue weighted by molar-refractivity contribution is 5.51. The molecule has 0 aliphatic heterocycles. The van der Waals surface area contributed by atoms with Gasteiger partial charge < -0.3 is 5.73 Å². The fraction of sp³-hybridized carbons (Fsp3) is 0.250. The summed E-state index contributed by atoms with van der Waals surface area (Å²) in [5.74, 6) is -1.03. The molecule has 0 bridgehead atoms. The van der Waals surface area contributed by atoms with Crippen LogP contribution < -0.4 is 5.73 Å². The molecule has 0 fully saturated rings. The first-order valence-corrected chi connectivity index (χ1v) is 3.45. The topological polar surface area (TPSA) is 26.0 Å². The molecule has 0 spiro atoms. The summed E-state index contributed by atoms with van der Waals surface area (Å²) in [4.78, 5) is 0. The molecule has 0 aliphatic carbocycles. The van der Waals surface area contributed by atoms with E-state index in [1.54, 1.807) is 0 Å². The van der Waals surface area contributed by atoms with Crippen molar-refractivity contribution in [1.82, 2.24) is 0 Å². The zero-order valence-corrected chi connectivity index (χ0v) is 6.74. The monoisotopic (exact) mass is 193 g/mol. The van der Waals surface area contributed by atoms with Gasteiger partial charge in [-0.1, -0.05) is 0 Å². The van der Waals surface area contributed by atoms with Crippen molar-refractivity contribution in [3.63, 3.8) is 0 Å². The summed E-state index contributed by atoms with van der Waals surface area (Å²) in [6, 6.07) is 1.78. The zero-order valence-electron chi connectivity index (χ0n) is 6.74. The van der Waals surface area contributed by atoms with Gasteiger partial charge in [0, 0.05) is 0 Å². The maximum Gasteiger partial charge on any atom is 0.418 e. The molecule has 1 rings (SSSR count). The van der Waals surface area contributed by atoms with Crippen molar-refractivity contribution in [3.8, 4) is 0 Å². The summed E-state index contributed by atoms with van der Waals surface area (Å²) < 4.78 is 49.2. The Balaban J connectivity index is 3.37. The first-order chi connectivity index (χ1) is 5.82. The minimum Gasteiger partial charge on any atom is -0.396 e. The fourth-order valence-corrected chi connectivity index (χ4v) is 0.988. The van der Waals surface area contributed by atoms with Gasteiger partial charge in [0.1, 0.15) is 5.82 Å². The lowest BCUT2D eigenvalue weighted by Gasteiger charge is -2.11. The lowest BCUT2D eigenvalue weighted by Crippen LogP contribution is -2.10. The highest BCUT2D eigenvalue weighted by Gasteiger charge is 2.34. The van der Waals surface area contributed by atoms with Crippen molar-refractivity contribution >= 4 is 5.69 Å². The molecule has 0 amide bonds. The maximum atomic E-state index is 12.7. The molecule has 0 saturated carbocycles. The molecule has 1 aromatic rings. The highest BCUT2D eigenvalue weighted by Crippen LogP contribution is 2.35. The van der Waals surface area contributed by atoms with E-state index >= 15 is 0 Å². The molecule has 0 unspecified atom stereocenters. The molecule has 72 valence electrons. The molecule has 1 aromatic carbocycles. The fourth-order valence-electron chi connectivity index (χ4n) is 0.988. The molecule has 0 saturated heterocycles. The Morgan fingerprint density at radius 1 is 1.23 bits per heavy atom. The summed E-state index contributed by atoms with van der Waals surface area (Å²) in [7, 11) is 0. The number of aryl methyl sites for hydroxylation is 1. The second-order valence-corrected chi connectivity index (χ2v) is 2.71. The molecule has 0 radical (unpaired) electrons. The van der Waals surface area contributed by atoms with Crippen LogP contribution in [0.2, 0.25) is 0 Å². The third kappa shape index (κ3) is 1.91. The van der Waals surface area contributed by atoms with Gasteiger partial charge in [-0.05, 0) is 24.6 Å². The summed E-state index contributed by atoms with van der Waals surface area (Å²) in [6.07, 6.45) is -4.60. The van der Waals surface area contributed by atoms with Crippen LogP contribution in [0, 0.1) is 12.7 Å². The second kappa shape index (κ2) is 2.90. The Labute approximate surface area is 72.2 Å². The standard InChI is InChI=1S/C8H7F4N/c1-4-2-5(8(10,11)12)7(13)6(9)3-4/h2-3H,13H2,1H3. The summed E-state index contributed by atoms with van der Waals surface area (Å²) >= 11 is 0. The van der Waals surface area contributed by atoms with Gasteiger partial charge in [-0.3, -0.25) is 0 Å². The van der Waals surface area contributed by atoms with Gasteiger partial charge in [0.25, 0.3) is 0 Å². The van der Waals surface area contributed by atoms with Gasteiger partial charge in [-0.15, -0.1) is 0 Å². The van der Waals surface area contributed by atoms with Crippen LogP contribution in [0.5, 0.6) is 0 Å². The van der Waals surface area contributed by atoms with E-state index in [2.05, 4.69) is 0 Å². The molecular weight excluding hydrogens is 186 g/mol. The summed E-state index contributed by atoms with van der Waals surface area (Å²) in [5, 5.41) is 0. The number of nitrogen functional groups attached to an aromatic ring is 1. The molecule has 13 heavy (non-hydrogen) atoms. The number of hydrogen-bond acceptors (Lipinski definition) is 1. The number of rotatable bonds is 0. The molecule has 2 N–H and O–H groups in total. The quantitative estimate of drug-likeness (QED) is 0.497. The number of benzene rings is 1. The molecule has 0 aromatic heterocycles. The number of anilines is 1. The van der Waals surface area contributed by atoms with Crippen LogP contribution in [0.4, 0.5) is 23.2 Å². The Morgan fingerprint density at radius 2 is 1.77 bits per heavy atom. The molecule has 0 aliphatic rings. The Kier molecular flexibility index (Phi) is 2.19. The van der Waals surface area contributed by atoms with E-state index < -0.39 is 23.2 Å². The van der Waals surface area contributed by atoms with Gasteiger partial charge >= 0.3 is 6.18 Å². The van der Waals surface area contributed by atoms with Gasteiger partial charge in [0.05, 0.1) is 11.3 Å². The van der Waals surface area contributed by atoms with Gasteiger partial charge in [0.2, 0.25) is 0 Å². The predicted octanol–water partition coefficient (Wildman–Crippen LogP) is 2.74. The lowest BCUT2D eigenvalue weighted by molar-refractivity contribution is -0.137. The normalized spacial score (nSPS) is 11.8. The van der Waals surface area contributed by atoms with Crippen molar-refractivity contribution < 1.29 is 17.6 Å². The van der Waals surface area contributed by atoms with Gasteiger partial charge in [0.15, 0.2) is 0 Å². The van der Waals surface area contributed by atoms with E-state index in [9.17, 15) is 17.6 Å². The number of hydrogen-bond donors (Lipinski definition) is 1. The van der Waals surface area contributed by atoms with Crippen molar-refractivity contribution in [2.45, 2.75) is 13.1 Å². The zero-order chi connectivity index (χ0) is 10.2. The summed E-state index contributed by atoms with van der Waals surface area (Å²) in [6.45, 7) is 1.37. The lowest BCUT2D eigenvalue weighted by atomic mass is 10.1. The maximum absolute atomic E-state index is 12.7. The van der Waals surface area contributed by atoms with Crippen LogP contribution in [0.1, 0.15) is 11.1 Å². The Morgan fingerprint density at radius 3 is 2.23 bits per heavy atom. The van der Waals surface area contributed by atoms with E-state index in [4.69, 9.17) is 5.73 Å². The number of nitrogens with two attached hydrogens (primary N) is 1. The number of halogens is 4. The smallest absolute Gasteiger partial charge is 0.396 e. The van der Waals surface area contributed by atoms with E-state index in [0.717, 1.165) is 12.1 Å².